The number of nitrogens with zero attached hydrogens (tertiary/aromatic N) is 1. The van der Waals surface area contributed by atoms with Gasteiger partial charge in [-0.2, -0.15) is 0 Å². The summed E-state index contributed by atoms with van der Waals surface area (Å²) in [7, 11) is 0. The average molecular weight is 269 g/mol. The van der Waals surface area contributed by atoms with Gasteiger partial charge < -0.3 is 16.3 Å². The van der Waals surface area contributed by atoms with Crippen molar-refractivity contribution in [2.24, 2.45) is 28.6 Å². The van der Waals surface area contributed by atoms with Crippen LogP contribution in [0.3, 0.4) is 0 Å². The van der Waals surface area contributed by atoms with Gasteiger partial charge in [0.1, 0.15) is 0 Å². The van der Waals surface area contributed by atoms with Crippen LogP contribution >= 0.6 is 0 Å². The smallest absolute Gasteiger partial charge is 0.231 e. The van der Waals surface area contributed by atoms with E-state index in [1.165, 1.54) is 12.8 Å². The van der Waals surface area contributed by atoms with Crippen molar-refractivity contribution < 1.29 is 10.0 Å². The normalized spacial score (nSPS) is 26.2. The number of amides is 1. The van der Waals surface area contributed by atoms with Crippen molar-refractivity contribution in [2.75, 3.05) is 0 Å². The lowest BCUT2D eigenvalue weighted by Crippen LogP contribution is -2.48. The van der Waals surface area contributed by atoms with Crippen LogP contribution in [-0.2, 0) is 4.79 Å². The van der Waals surface area contributed by atoms with Crippen LogP contribution in [0.25, 0.3) is 0 Å². The van der Waals surface area contributed by atoms with E-state index in [1.54, 1.807) is 0 Å². The summed E-state index contributed by atoms with van der Waals surface area (Å²) >= 11 is 0. The van der Waals surface area contributed by atoms with Crippen LogP contribution in [0, 0.1) is 17.8 Å². The summed E-state index contributed by atoms with van der Waals surface area (Å²) < 4.78 is 0. The molecule has 5 nitrogen and oxygen atoms in total. The number of carbonyl (C=O) groups excluding carboxylic acids is 1. The summed E-state index contributed by atoms with van der Waals surface area (Å²) in [6.45, 7) is 6.27. The Morgan fingerprint density at radius 1 is 1.42 bits per heavy atom. The Balaban J connectivity index is 2.68. The highest BCUT2D eigenvalue weighted by atomic mass is 16.4. The number of nitrogens with one attached hydrogen (secondary N) is 1. The van der Waals surface area contributed by atoms with Gasteiger partial charge in [-0.3, -0.25) is 4.79 Å². The topological polar surface area (TPSA) is 87.7 Å². The molecule has 0 bridgehead atoms. The molecular weight excluding hydrogens is 242 g/mol. The lowest BCUT2D eigenvalue weighted by molar-refractivity contribution is -0.124. The molecule has 0 heterocycles. The van der Waals surface area contributed by atoms with E-state index >= 15 is 0 Å². The summed E-state index contributed by atoms with van der Waals surface area (Å²) in [5, 5.41) is 14.8. The number of amidine groups is 1. The maximum absolute atomic E-state index is 12.2. The highest BCUT2D eigenvalue weighted by Gasteiger charge is 2.31. The van der Waals surface area contributed by atoms with Crippen molar-refractivity contribution in [3.05, 3.63) is 0 Å². The molecule has 0 radical (unpaired) electrons. The molecule has 0 aromatic carbocycles. The van der Waals surface area contributed by atoms with Gasteiger partial charge in [0.25, 0.3) is 0 Å². The molecule has 0 aromatic rings. The highest BCUT2D eigenvalue weighted by molar-refractivity contribution is 6.02. The molecule has 0 aromatic heterocycles. The zero-order valence-electron chi connectivity index (χ0n) is 12.2. The SMILES string of the molecule is CCC(C(=O)NC1CCCCC1C(C)C)C(N)=NO. The van der Waals surface area contributed by atoms with Gasteiger partial charge in [0, 0.05) is 6.04 Å². The lowest BCUT2D eigenvalue weighted by Gasteiger charge is -2.35. The van der Waals surface area contributed by atoms with E-state index in [0.717, 1.165) is 12.8 Å². The number of oxime groups is 1. The number of hydrogen-bond acceptors (Lipinski definition) is 3. The maximum Gasteiger partial charge on any atom is 0.231 e. The fraction of sp³-hybridized carbons (Fsp3) is 0.857. The molecule has 3 atom stereocenters. The predicted molar refractivity (Wildman–Crippen MR) is 75.9 cm³/mol. The molecule has 1 fully saturated rings. The van der Waals surface area contributed by atoms with Gasteiger partial charge in [-0.15, -0.1) is 0 Å². The third-order valence-electron chi connectivity index (χ3n) is 4.20. The van der Waals surface area contributed by atoms with Crippen LogP contribution in [-0.4, -0.2) is 23.0 Å². The molecule has 1 saturated carbocycles. The van der Waals surface area contributed by atoms with Crippen molar-refractivity contribution in [1.29, 1.82) is 0 Å². The predicted octanol–water partition coefficient (Wildman–Crippen LogP) is 2.09. The minimum atomic E-state index is -0.528. The molecule has 1 aliphatic rings. The fourth-order valence-electron chi connectivity index (χ4n) is 3.02. The molecule has 4 N–H and O–H groups in total. The zero-order chi connectivity index (χ0) is 14.4. The monoisotopic (exact) mass is 269 g/mol. The first kappa shape index (κ1) is 15.8. The minimum absolute atomic E-state index is 0.00286. The van der Waals surface area contributed by atoms with Gasteiger partial charge in [0.2, 0.25) is 5.91 Å². The van der Waals surface area contributed by atoms with E-state index in [1.807, 2.05) is 6.92 Å². The second kappa shape index (κ2) is 7.36. The van der Waals surface area contributed by atoms with Crippen molar-refractivity contribution in [3.63, 3.8) is 0 Å². The van der Waals surface area contributed by atoms with Gasteiger partial charge in [-0.05, 0) is 31.1 Å². The van der Waals surface area contributed by atoms with Crippen LogP contribution in [0.2, 0.25) is 0 Å². The van der Waals surface area contributed by atoms with Crippen LogP contribution in [0.5, 0.6) is 0 Å². The van der Waals surface area contributed by atoms with Crippen LogP contribution in [0.4, 0.5) is 0 Å². The van der Waals surface area contributed by atoms with E-state index in [-0.39, 0.29) is 17.8 Å². The number of hydrogen-bond donors (Lipinski definition) is 3. The Morgan fingerprint density at radius 3 is 2.58 bits per heavy atom. The Morgan fingerprint density at radius 2 is 2.05 bits per heavy atom. The van der Waals surface area contributed by atoms with Gasteiger partial charge in [0.05, 0.1) is 5.92 Å². The summed E-state index contributed by atoms with van der Waals surface area (Å²) in [4.78, 5) is 12.2. The summed E-state index contributed by atoms with van der Waals surface area (Å²) in [5.41, 5.74) is 5.57. The third kappa shape index (κ3) is 4.11. The summed E-state index contributed by atoms with van der Waals surface area (Å²) in [6, 6.07) is 0.224. The summed E-state index contributed by atoms with van der Waals surface area (Å²) in [5.74, 6) is 0.448. The quantitative estimate of drug-likeness (QED) is 0.309. The van der Waals surface area contributed by atoms with Crippen molar-refractivity contribution in [1.82, 2.24) is 5.32 Å². The molecule has 110 valence electrons. The lowest BCUT2D eigenvalue weighted by atomic mass is 9.77. The van der Waals surface area contributed by atoms with Gasteiger partial charge >= 0.3 is 0 Å². The van der Waals surface area contributed by atoms with Crippen molar-refractivity contribution in [2.45, 2.75) is 58.9 Å². The second-order valence-electron chi connectivity index (χ2n) is 5.79. The van der Waals surface area contributed by atoms with E-state index in [9.17, 15) is 4.79 Å². The van der Waals surface area contributed by atoms with Crippen LogP contribution in [0.15, 0.2) is 5.16 Å². The molecule has 1 aliphatic carbocycles. The molecule has 0 saturated heterocycles. The van der Waals surface area contributed by atoms with E-state index in [4.69, 9.17) is 10.9 Å². The van der Waals surface area contributed by atoms with Crippen molar-refractivity contribution in [3.8, 4) is 0 Å². The first-order valence-corrected chi connectivity index (χ1v) is 7.29. The zero-order valence-corrected chi connectivity index (χ0v) is 12.2. The van der Waals surface area contributed by atoms with E-state index in [2.05, 4.69) is 24.3 Å². The maximum atomic E-state index is 12.2. The Hall–Kier alpha value is -1.26. The average Bonchev–Trinajstić information content (AvgIpc) is 2.39. The van der Waals surface area contributed by atoms with E-state index in [0.29, 0.717) is 18.3 Å². The summed E-state index contributed by atoms with van der Waals surface area (Å²) in [6.07, 6.45) is 5.14. The first-order chi connectivity index (χ1) is 9.01. The van der Waals surface area contributed by atoms with Crippen molar-refractivity contribution >= 4 is 11.7 Å². The standard InChI is InChI=1S/C14H27N3O2/c1-4-10(13(15)17-19)14(18)16-12-8-6-5-7-11(12)9(2)3/h9-12,19H,4-8H2,1-3H3,(H2,15,17)(H,16,18). The third-order valence-corrected chi connectivity index (χ3v) is 4.20. The van der Waals surface area contributed by atoms with Gasteiger partial charge in [-0.1, -0.05) is 38.8 Å². The Bertz CT molecular complexity index is 329. The largest absolute Gasteiger partial charge is 0.409 e. The highest BCUT2D eigenvalue weighted by Crippen LogP contribution is 2.30. The molecular formula is C14H27N3O2. The van der Waals surface area contributed by atoms with E-state index < -0.39 is 5.92 Å². The van der Waals surface area contributed by atoms with Gasteiger partial charge in [0.15, 0.2) is 5.84 Å². The molecule has 1 amide bonds. The first-order valence-electron chi connectivity index (χ1n) is 7.29. The molecule has 19 heavy (non-hydrogen) atoms. The Kier molecular flexibility index (Phi) is 6.12. The minimum Gasteiger partial charge on any atom is -0.409 e. The molecule has 0 aliphatic heterocycles. The molecule has 5 heteroatoms. The molecule has 1 rings (SSSR count). The van der Waals surface area contributed by atoms with Crippen LogP contribution in [0.1, 0.15) is 52.9 Å². The number of nitrogens with two attached hydrogens (primary N) is 1. The molecule has 0 spiro atoms. The Labute approximate surface area is 115 Å². The van der Waals surface area contributed by atoms with Gasteiger partial charge in [-0.25, -0.2) is 0 Å². The number of carbonyl (C=O) groups is 1. The fourth-order valence-corrected chi connectivity index (χ4v) is 3.02. The molecule has 3 unspecified atom stereocenters. The number of rotatable bonds is 5. The second-order valence-corrected chi connectivity index (χ2v) is 5.79. The van der Waals surface area contributed by atoms with Crippen LogP contribution < -0.4 is 11.1 Å².